The zero-order chi connectivity index (χ0) is 12.3. The highest BCUT2D eigenvalue weighted by Crippen LogP contribution is 2.33. The summed E-state index contributed by atoms with van der Waals surface area (Å²) in [5.41, 5.74) is 2.99. The SMILES string of the molecule is CCCNC(C)c1sc(-c2cncs2)nc1C. The molecule has 0 saturated heterocycles. The topological polar surface area (TPSA) is 37.8 Å². The Morgan fingerprint density at radius 1 is 1.47 bits per heavy atom. The summed E-state index contributed by atoms with van der Waals surface area (Å²) >= 11 is 3.42. The Morgan fingerprint density at radius 3 is 2.94 bits per heavy atom. The summed E-state index contributed by atoms with van der Waals surface area (Å²) in [6.07, 6.45) is 3.04. The average Bonchev–Trinajstić information content (AvgIpc) is 2.94. The molecule has 2 rings (SSSR count). The van der Waals surface area contributed by atoms with Gasteiger partial charge in [-0.2, -0.15) is 0 Å². The second kappa shape index (κ2) is 5.71. The van der Waals surface area contributed by atoms with Gasteiger partial charge < -0.3 is 5.32 Å². The lowest BCUT2D eigenvalue weighted by Gasteiger charge is -2.11. The number of hydrogen-bond donors (Lipinski definition) is 1. The molecule has 0 fully saturated rings. The highest BCUT2D eigenvalue weighted by molar-refractivity contribution is 7.20. The summed E-state index contributed by atoms with van der Waals surface area (Å²) < 4.78 is 0. The first kappa shape index (κ1) is 12.7. The summed E-state index contributed by atoms with van der Waals surface area (Å²) in [5.74, 6) is 0. The van der Waals surface area contributed by atoms with E-state index in [4.69, 9.17) is 0 Å². The number of aryl methyl sites for hydroxylation is 1. The minimum absolute atomic E-state index is 0.383. The van der Waals surface area contributed by atoms with Crippen LogP contribution in [-0.2, 0) is 0 Å². The quantitative estimate of drug-likeness (QED) is 0.899. The number of thiazole rings is 2. The molecule has 92 valence electrons. The second-order valence-electron chi connectivity index (χ2n) is 4.01. The molecule has 17 heavy (non-hydrogen) atoms. The number of rotatable bonds is 5. The summed E-state index contributed by atoms with van der Waals surface area (Å²) in [7, 11) is 0. The molecule has 3 nitrogen and oxygen atoms in total. The minimum Gasteiger partial charge on any atom is -0.309 e. The Balaban J connectivity index is 2.19. The van der Waals surface area contributed by atoms with E-state index in [0.29, 0.717) is 6.04 Å². The van der Waals surface area contributed by atoms with Gasteiger partial charge in [0.05, 0.1) is 16.1 Å². The van der Waals surface area contributed by atoms with Crippen molar-refractivity contribution in [1.82, 2.24) is 15.3 Å². The number of nitrogens with zero attached hydrogens (tertiary/aromatic N) is 2. The molecular formula is C12H17N3S2. The molecule has 2 aromatic rings. The first-order valence-corrected chi connectivity index (χ1v) is 7.51. The molecular weight excluding hydrogens is 250 g/mol. The van der Waals surface area contributed by atoms with Crippen molar-refractivity contribution in [2.75, 3.05) is 6.54 Å². The molecule has 1 unspecified atom stereocenters. The van der Waals surface area contributed by atoms with E-state index in [9.17, 15) is 0 Å². The van der Waals surface area contributed by atoms with Crippen LogP contribution in [-0.4, -0.2) is 16.5 Å². The largest absolute Gasteiger partial charge is 0.309 e. The van der Waals surface area contributed by atoms with Crippen molar-refractivity contribution in [3.63, 3.8) is 0 Å². The molecule has 0 aliphatic carbocycles. The molecule has 5 heteroatoms. The third-order valence-corrected chi connectivity index (χ3v) is 4.85. The van der Waals surface area contributed by atoms with Gasteiger partial charge in [-0.25, -0.2) is 4.98 Å². The fourth-order valence-corrected chi connectivity index (χ4v) is 3.46. The maximum atomic E-state index is 4.63. The maximum Gasteiger partial charge on any atom is 0.135 e. The molecule has 0 aromatic carbocycles. The van der Waals surface area contributed by atoms with E-state index in [1.54, 1.807) is 22.7 Å². The van der Waals surface area contributed by atoms with E-state index >= 15 is 0 Å². The second-order valence-corrected chi connectivity index (χ2v) is 5.93. The predicted octanol–water partition coefficient (Wildman–Crippen LogP) is 3.64. The molecule has 0 saturated carbocycles. The highest BCUT2D eigenvalue weighted by Gasteiger charge is 2.15. The van der Waals surface area contributed by atoms with Gasteiger partial charge in [0.15, 0.2) is 0 Å². The summed E-state index contributed by atoms with van der Waals surface area (Å²) in [6, 6.07) is 0.383. The van der Waals surface area contributed by atoms with Gasteiger partial charge in [-0.05, 0) is 26.8 Å². The highest BCUT2D eigenvalue weighted by atomic mass is 32.1. The monoisotopic (exact) mass is 267 g/mol. The molecule has 0 bridgehead atoms. The van der Waals surface area contributed by atoms with Crippen molar-refractivity contribution in [1.29, 1.82) is 0 Å². The smallest absolute Gasteiger partial charge is 0.135 e. The number of aromatic nitrogens is 2. The Hall–Kier alpha value is -0.780. The van der Waals surface area contributed by atoms with Gasteiger partial charge >= 0.3 is 0 Å². The molecule has 0 aliphatic heterocycles. The lowest BCUT2D eigenvalue weighted by Crippen LogP contribution is -2.18. The third kappa shape index (κ3) is 2.91. The van der Waals surface area contributed by atoms with Crippen LogP contribution in [0.15, 0.2) is 11.7 Å². The van der Waals surface area contributed by atoms with Gasteiger partial charge in [-0.15, -0.1) is 22.7 Å². The third-order valence-electron chi connectivity index (χ3n) is 2.57. The lowest BCUT2D eigenvalue weighted by molar-refractivity contribution is 0.575. The minimum atomic E-state index is 0.383. The molecule has 0 amide bonds. The average molecular weight is 267 g/mol. The molecule has 1 atom stereocenters. The van der Waals surface area contributed by atoms with Gasteiger partial charge in [-0.3, -0.25) is 4.98 Å². The molecule has 1 N–H and O–H groups in total. The Bertz CT molecular complexity index is 462. The number of hydrogen-bond acceptors (Lipinski definition) is 5. The van der Waals surface area contributed by atoms with Crippen molar-refractivity contribution in [3.8, 4) is 9.88 Å². The van der Waals surface area contributed by atoms with Crippen molar-refractivity contribution >= 4 is 22.7 Å². The van der Waals surface area contributed by atoms with Crippen LogP contribution in [0.5, 0.6) is 0 Å². The van der Waals surface area contributed by atoms with Crippen LogP contribution in [0.4, 0.5) is 0 Å². The van der Waals surface area contributed by atoms with Gasteiger partial charge in [0.1, 0.15) is 5.01 Å². The molecule has 2 heterocycles. The maximum absolute atomic E-state index is 4.63. The van der Waals surface area contributed by atoms with Crippen LogP contribution in [0.2, 0.25) is 0 Å². The summed E-state index contributed by atoms with van der Waals surface area (Å²) in [5, 5.41) is 4.59. The zero-order valence-electron chi connectivity index (χ0n) is 10.4. The first-order valence-electron chi connectivity index (χ1n) is 5.82. The normalized spacial score (nSPS) is 12.9. The lowest BCUT2D eigenvalue weighted by atomic mass is 10.2. The van der Waals surface area contributed by atoms with E-state index in [0.717, 1.165) is 28.5 Å². The Labute approximate surface area is 110 Å². The Morgan fingerprint density at radius 2 is 2.29 bits per heavy atom. The van der Waals surface area contributed by atoms with Crippen LogP contribution in [0.3, 0.4) is 0 Å². The predicted molar refractivity (Wildman–Crippen MR) is 74.7 cm³/mol. The van der Waals surface area contributed by atoms with Crippen molar-refractivity contribution < 1.29 is 0 Å². The van der Waals surface area contributed by atoms with E-state index in [2.05, 4.69) is 36.1 Å². The van der Waals surface area contributed by atoms with Crippen LogP contribution >= 0.6 is 22.7 Å². The van der Waals surface area contributed by atoms with Gasteiger partial charge in [0.2, 0.25) is 0 Å². The van der Waals surface area contributed by atoms with E-state index < -0.39 is 0 Å². The first-order chi connectivity index (χ1) is 8.22. The van der Waals surface area contributed by atoms with Crippen LogP contribution < -0.4 is 5.32 Å². The van der Waals surface area contributed by atoms with Gasteiger partial charge in [0.25, 0.3) is 0 Å². The van der Waals surface area contributed by atoms with E-state index in [1.807, 2.05) is 11.7 Å². The van der Waals surface area contributed by atoms with E-state index in [1.165, 1.54) is 4.88 Å². The van der Waals surface area contributed by atoms with Crippen LogP contribution in [0.25, 0.3) is 9.88 Å². The Kier molecular flexibility index (Phi) is 4.25. The molecule has 0 spiro atoms. The number of nitrogens with one attached hydrogen (secondary N) is 1. The van der Waals surface area contributed by atoms with Gasteiger partial charge in [0, 0.05) is 17.1 Å². The molecule has 0 radical (unpaired) electrons. The van der Waals surface area contributed by atoms with Gasteiger partial charge in [-0.1, -0.05) is 6.92 Å². The van der Waals surface area contributed by atoms with E-state index in [-0.39, 0.29) is 0 Å². The summed E-state index contributed by atoms with van der Waals surface area (Å²) in [6.45, 7) is 7.52. The summed E-state index contributed by atoms with van der Waals surface area (Å²) in [4.78, 5) is 11.2. The fourth-order valence-electron chi connectivity index (χ4n) is 1.69. The molecule has 2 aromatic heterocycles. The van der Waals surface area contributed by atoms with Crippen LogP contribution in [0, 0.1) is 6.92 Å². The fraction of sp³-hybridized carbons (Fsp3) is 0.500. The molecule has 0 aliphatic rings. The standard InChI is InChI=1S/C12H17N3S2/c1-4-5-14-8(2)11-9(3)15-12(17-11)10-6-13-7-16-10/h6-8,14H,4-5H2,1-3H3. The van der Waals surface area contributed by atoms with Crippen molar-refractivity contribution in [3.05, 3.63) is 22.3 Å². The van der Waals surface area contributed by atoms with Crippen molar-refractivity contribution in [2.45, 2.75) is 33.2 Å². The van der Waals surface area contributed by atoms with Crippen molar-refractivity contribution in [2.24, 2.45) is 0 Å². The van der Waals surface area contributed by atoms with Crippen LogP contribution in [0.1, 0.15) is 36.9 Å². The zero-order valence-corrected chi connectivity index (χ0v) is 12.0.